The molecule has 0 aliphatic carbocycles. The Balaban J connectivity index is 1.02. The molecule has 5 fully saturated rings. The summed E-state index contributed by atoms with van der Waals surface area (Å²) in [7, 11) is 0. The fraction of sp³-hybridized carbons (Fsp3) is 0.561. The van der Waals surface area contributed by atoms with Crippen molar-refractivity contribution in [3.8, 4) is 0 Å². The molecule has 5 aliphatic rings. The van der Waals surface area contributed by atoms with Crippen molar-refractivity contribution in [3.05, 3.63) is 108 Å². The highest BCUT2D eigenvalue weighted by Gasteiger charge is 2.61. The molecule has 0 saturated carbocycles. The molecule has 13 atom stereocenters. The van der Waals surface area contributed by atoms with Crippen LogP contribution in [-0.2, 0) is 65.3 Å². The molecule has 5 saturated heterocycles. The Morgan fingerprint density at radius 2 is 1.36 bits per heavy atom. The molecule has 3 aromatic carbocycles. The lowest BCUT2D eigenvalue weighted by molar-refractivity contribution is -0.333. The fourth-order valence-electron chi connectivity index (χ4n) is 7.90. The fourth-order valence-corrected chi connectivity index (χ4v) is 7.90. The maximum atomic E-state index is 10.7. The zero-order valence-electron chi connectivity index (χ0n) is 30.6. The summed E-state index contributed by atoms with van der Waals surface area (Å²) < 4.78 is 70.6. The Morgan fingerprint density at radius 3 is 2.08 bits per heavy atom. The monoisotopic (exact) mass is 734 g/mol. The standard InChI is InChI=1S/C41H50O12/c1-25-31(48-39-35-41(24-46-39,23-43-20-27-14-8-5-9-15-27)53-38(50-35)29-18-12-7-13-19-29)30(44-21-28-16-10-6-11-17-28)22-45-37(25)49-32-26(2)47-36(42)34-33(32)51-40(3,4)52-34/h5-19,25-26,30-39,42H,20-24H2,1-4H3/t25?,26?,30-,31?,32+,33?,34?,35?,36-,37+,38+,39+,41+/m1/s1. The van der Waals surface area contributed by atoms with Gasteiger partial charge in [0.15, 0.2) is 30.9 Å². The molecule has 1 N–H and O–H groups in total. The number of rotatable bonds is 12. The number of hydrogen-bond acceptors (Lipinski definition) is 12. The van der Waals surface area contributed by atoms with Crippen molar-refractivity contribution < 1.29 is 57.2 Å². The summed E-state index contributed by atoms with van der Waals surface area (Å²) in [5.74, 6) is -1.26. The summed E-state index contributed by atoms with van der Waals surface area (Å²) in [4.78, 5) is 0. The zero-order valence-corrected chi connectivity index (χ0v) is 30.6. The SMILES string of the molecule is CC1C(O[C@@H]2OC[C@]3(COCc4ccccc4)O[C@@H](c4ccccc4)OC23)[C@H](OCc2ccccc2)CO[C@H]1O[C@H]1C(C)O[C@@H](O)C2OC(C)(C)OC21. The van der Waals surface area contributed by atoms with E-state index in [0.29, 0.717) is 13.2 Å². The minimum Gasteiger partial charge on any atom is -0.374 e. The number of aliphatic hydroxyl groups is 1. The summed E-state index contributed by atoms with van der Waals surface area (Å²) in [5.41, 5.74) is 2.07. The predicted molar refractivity (Wildman–Crippen MR) is 188 cm³/mol. The smallest absolute Gasteiger partial charge is 0.187 e. The van der Waals surface area contributed by atoms with E-state index in [9.17, 15) is 5.11 Å². The van der Waals surface area contributed by atoms with Crippen molar-refractivity contribution in [1.29, 1.82) is 0 Å². The van der Waals surface area contributed by atoms with Gasteiger partial charge in [0.05, 0.1) is 45.2 Å². The molecule has 5 aliphatic heterocycles. The quantitative estimate of drug-likeness (QED) is 0.269. The molecule has 0 amide bonds. The van der Waals surface area contributed by atoms with Crippen LogP contribution in [0.4, 0.5) is 0 Å². The van der Waals surface area contributed by atoms with Crippen molar-refractivity contribution in [2.45, 2.75) is 120 Å². The minimum atomic E-state index is -1.14. The van der Waals surface area contributed by atoms with E-state index in [0.717, 1.165) is 16.7 Å². The van der Waals surface area contributed by atoms with Crippen LogP contribution >= 0.6 is 0 Å². The summed E-state index contributed by atoms with van der Waals surface area (Å²) in [6, 6.07) is 29.8. The first kappa shape index (κ1) is 37.1. The van der Waals surface area contributed by atoms with Crippen LogP contribution in [0, 0.1) is 5.92 Å². The van der Waals surface area contributed by atoms with Gasteiger partial charge in [-0.3, -0.25) is 0 Å². The summed E-state index contributed by atoms with van der Waals surface area (Å²) in [6.45, 7) is 8.90. The topological polar surface area (TPSA) is 122 Å². The average Bonchev–Trinajstić information content (AvgIpc) is 3.81. The first-order valence-corrected chi connectivity index (χ1v) is 18.6. The number of hydrogen-bond donors (Lipinski definition) is 1. The number of fused-ring (bicyclic) bond motifs is 2. The van der Waals surface area contributed by atoms with Crippen molar-refractivity contribution in [3.63, 3.8) is 0 Å². The normalized spacial score (nSPS) is 39.1. The van der Waals surface area contributed by atoms with Crippen LogP contribution < -0.4 is 0 Å². The van der Waals surface area contributed by atoms with E-state index in [1.165, 1.54) is 0 Å². The average molecular weight is 735 g/mol. The molecule has 53 heavy (non-hydrogen) atoms. The minimum absolute atomic E-state index is 0.195. The van der Waals surface area contributed by atoms with Gasteiger partial charge in [0, 0.05) is 11.5 Å². The maximum Gasteiger partial charge on any atom is 0.187 e. The maximum absolute atomic E-state index is 10.7. The second-order valence-corrected chi connectivity index (χ2v) is 15.0. The molecule has 0 spiro atoms. The van der Waals surface area contributed by atoms with Crippen molar-refractivity contribution in [2.75, 3.05) is 19.8 Å². The third-order valence-corrected chi connectivity index (χ3v) is 10.6. The molecule has 12 heteroatoms. The van der Waals surface area contributed by atoms with Crippen LogP contribution in [0.25, 0.3) is 0 Å². The van der Waals surface area contributed by atoms with Gasteiger partial charge < -0.3 is 57.2 Å². The molecule has 0 radical (unpaired) electrons. The summed E-state index contributed by atoms with van der Waals surface area (Å²) in [5, 5.41) is 10.7. The number of aliphatic hydroxyl groups excluding tert-OH is 1. The van der Waals surface area contributed by atoms with Gasteiger partial charge in [0.1, 0.15) is 36.1 Å². The lowest BCUT2D eigenvalue weighted by atomic mass is 9.94. The molecule has 6 unspecified atom stereocenters. The highest BCUT2D eigenvalue weighted by molar-refractivity contribution is 5.19. The second-order valence-electron chi connectivity index (χ2n) is 15.0. The molecular weight excluding hydrogens is 684 g/mol. The first-order chi connectivity index (χ1) is 25.7. The van der Waals surface area contributed by atoms with Gasteiger partial charge >= 0.3 is 0 Å². The third kappa shape index (κ3) is 7.97. The van der Waals surface area contributed by atoms with Crippen LogP contribution in [0.5, 0.6) is 0 Å². The lowest BCUT2D eigenvalue weighted by Gasteiger charge is -2.45. The Kier molecular flexibility index (Phi) is 11.0. The molecular formula is C41H50O12. The summed E-state index contributed by atoms with van der Waals surface area (Å²) in [6.07, 6.45) is -7.28. The second kappa shape index (κ2) is 15.7. The van der Waals surface area contributed by atoms with Gasteiger partial charge in [-0.05, 0) is 31.9 Å². The number of benzene rings is 3. The van der Waals surface area contributed by atoms with Gasteiger partial charge in [-0.25, -0.2) is 0 Å². The van der Waals surface area contributed by atoms with Crippen LogP contribution in [0.2, 0.25) is 0 Å². The van der Waals surface area contributed by atoms with Gasteiger partial charge in [-0.15, -0.1) is 0 Å². The van der Waals surface area contributed by atoms with E-state index in [1.54, 1.807) is 0 Å². The third-order valence-electron chi connectivity index (χ3n) is 10.6. The molecule has 286 valence electrons. The zero-order chi connectivity index (χ0) is 36.6. The summed E-state index contributed by atoms with van der Waals surface area (Å²) >= 11 is 0. The van der Waals surface area contributed by atoms with E-state index in [-0.39, 0.29) is 25.7 Å². The highest BCUT2D eigenvalue weighted by Crippen LogP contribution is 2.47. The Morgan fingerprint density at radius 1 is 0.717 bits per heavy atom. The van der Waals surface area contributed by atoms with Crippen LogP contribution in [0.1, 0.15) is 50.7 Å². The van der Waals surface area contributed by atoms with Gasteiger partial charge in [0.2, 0.25) is 0 Å². The van der Waals surface area contributed by atoms with Gasteiger partial charge in [0.25, 0.3) is 0 Å². The van der Waals surface area contributed by atoms with Gasteiger partial charge in [-0.2, -0.15) is 0 Å². The van der Waals surface area contributed by atoms with Crippen LogP contribution in [0.15, 0.2) is 91.0 Å². The van der Waals surface area contributed by atoms with Gasteiger partial charge in [-0.1, -0.05) is 97.9 Å². The predicted octanol–water partition coefficient (Wildman–Crippen LogP) is 5.02. The van der Waals surface area contributed by atoms with Crippen LogP contribution in [0.3, 0.4) is 0 Å². The first-order valence-electron chi connectivity index (χ1n) is 18.6. The highest BCUT2D eigenvalue weighted by atomic mass is 16.8. The van der Waals surface area contributed by atoms with E-state index in [4.69, 9.17) is 52.1 Å². The Bertz CT molecular complexity index is 1610. The number of ether oxygens (including phenoxy) is 11. The molecule has 3 aromatic rings. The van der Waals surface area contributed by atoms with Crippen LogP contribution in [-0.4, -0.2) is 97.9 Å². The Labute approximate surface area is 310 Å². The van der Waals surface area contributed by atoms with E-state index >= 15 is 0 Å². The van der Waals surface area contributed by atoms with Crippen molar-refractivity contribution >= 4 is 0 Å². The van der Waals surface area contributed by atoms with Crippen molar-refractivity contribution in [2.24, 2.45) is 5.92 Å². The van der Waals surface area contributed by atoms with E-state index in [1.807, 2.05) is 119 Å². The van der Waals surface area contributed by atoms with E-state index < -0.39 is 79.3 Å². The van der Waals surface area contributed by atoms with E-state index in [2.05, 4.69) is 0 Å². The van der Waals surface area contributed by atoms with Crippen molar-refractivity contribution in [1.82, 2.24) is 0 Å². The Hall–Kier alpha value is -2.82. The molecule has 8 rings (SSSR count). The molecule has 0 aromatic heterocycles. The molecule has 5 heterocycles. The molecule has 12 nitrogen and oxygen atoms in total. The molecule has 0 bridgehead atoms. The largest absolute Gasteiger partial charge is 0.374 e. The lowest BCUT2D eigenvalue weighted by Crippen LogP contribution is -2.60.